The molecule has 1 aromatic heterocycles. The number of piperidine rings is 1. The summed E-state index contributed by atoms with van der Waals surface area (Å²) in [4.78, 5) is 22.9. The molecule has 0 aliphatic carbocycles. The topological polar surface area (TPSA) is 64.6 Å². The Balaban J connectivity index is 1.53. The Labute approximate surface area is 162 Å². The highest BCUT2D eigenvalue weighted by molar-refractivity contribution is 6.37. The van der Waals surface area contributed by atoms with Gasteiger partial charge in [0.2, 0.25) is 5.95 Å². The first-order valence-corrected chi connectivity index (χ1v) is 9.19. The van der Waals surface area contributed by atoms with E-state index < -0.39 is 0 Å². The van der Waals surface area contributed by atoms with Gasteiger partial charge in [0.15, 0.2) is 5.75 Å². The van der Waals surface area contributed by atoms with Crippen LogP contribution in [-0.2, 0) is 9.53 Å². The van der Waals surface area contributed by atoms with E-state index in [0.29, 0.717) is 28.2 Å². The number of hydrogen-bond donors (Lipinski definition) is 0. The Morgan fingerprint density at radius 2 is 1.85 bits per heavy atom. The lowest BCUT2D eigenvalue weighted by atomic mass is 10.0. The van der Waals surface area contributed by atoms with Crippen LogP contribution >= 0.6 is 23.2 Å². The summed E-state index contributed by atoms with van der Waals surface area (Å²) < 4.78 is 10.9. The maximum atomic E-state index is 12.5. The van der Waals surface area contributed by atoms with Gasteiger partial charge in [0.05, 0.1) is 10.0 Å². The first-order chi connectivity index (χ1) is 12.7. The van der Waals surface area contributed by atoms with E-state index in [9.17, 15) is 4.79 Å². The number of rotatable bonds is 6. The van der Waals surface area contributed by atoms with Gasteiger partial charge in [-0.25, -0.2) is 14.8 Å². The molecule has 1 saturated heterocycles. The number of anilines is 1. The number of benzene rings is 1. The van der Waals surface area contributed by atoms with Gasteiger partial charge in [-0.15, -0.1) is 0 Å². The van der Waals surface area contributed by atoms with Crippen molar-refractivity contribution in [2.24, 2.45) is 0 Å². The molecule has 0 saturated carbocycles. The molecule has 1 atom stereocenters. The smallest absolute Gasteiger partial charge is 0.328 e. The molecule has 1 aromatic carbocycles. The van der Waals surface area contributed by atoms with Gasteiger partial charge >= 0.3 is 5.97 Å². The van der Waals surface area contributed by atoms with E-state index in [1.807, 2.05) is 4.90 Å². The molecule has 3 rings (SSSR count). The highest BCUT2D eigenvalue weighted by Gasteiger charge is 2.31. The first-order valence-electron chi connectivity index (χ1n) is 8.44. The van der Waals surface area contributed by atoms with Crippen LogP contribution in [0.2, 0.25) is 10.0 Å². The number of aromatic nitrogens is 2. The fourth-order valence-corrected chi connectivity index (χ4v) is 3.36. The average Bonchev–Trinajstić information content (AvgIpc) is 2.67. The Bertz CT molecular complexity index is 725. The zero-order chi connectivity index (χ0) is 18.4. The van der Waals surface area contributed by atoms with Crippen LogP contribution in [0.3, 0.4) is 0 Å². The molecule has 8 heteroatoms. The molecule has 0 amide bonds. The number of nitrogens with zero attached hydrogens (tertiary/aromatic N) is 3. The van der Waals surface area contributed by atoms with E-state index in [0.717, 1.165) is 19.4 Å². The molecule has 1 aliphatic heterocycles. The molecule has 0 bridgehead atoms. The maximum Gasteiger partial charge on any atom is 0.328 e. The Morgan fingerprint density at radius 1 is 1.12 bits per heavy atom. The van der Waals surface area contributed by atoms with Crippen LogP contribution < -0.4 is 9.64 Å². The summed E-state index contributed by atoms with van der Waals surface area (Å²) in [5.74, 6) is 0.642. The van der Waals surface area contributed by atoms with Gasteiger partial charge in [-0.3, -0.25) is 0 Å². The summed E-state index contributed by atoms with van der Waals surface area (Å²) in [6, 6.07) is 6.48. The fourth-order valence-electron chi connectivity index (χ4n) is 2.86. The number of carbonyl (C=O) groups is 1. The number of carbonyl (C=O) groups excluding carboxylic acids is 1. The molecule has 0 spiro atoms. The van der Waals surface area contributed by atoms with Gasteiger partial charge in [-0.2, -0.15) is 0 Å². The highest BCUT2D eigenvalue weighted by Crippen LogP contribution is 2.32. The highest BCUT2D eigenvalue weighted by atomic mass is 35.5. The quantitative estimate of drug-likeness (QED) is 0.547. The second kappa shape index (κ2) is 9.05. The summed E-state index contributed by atoms with van der Waals surface area (Å²) in [5, 5.41) is 0.840. The standard InChI is InChI=1S/C18H19Cl2N3O3/c19-13-5-3-6-14(20)16(13)25-11-12-26-17(24)15-7-1-2-10-23(15)18-21-8-4-9-22-18/h3-6,8-9,15H,1-2,7,10-12H2. The van der Waals surface area contributed by atoms with Crippen LogP contribution in [0.5, 0.6) is 5.75 Å². The summed E-state index contributed by atoms with van der Waals surface area (Å²) in [5.41, 5.74) is 0. The predicted molar refractivity (Wildman–Crippen MR) is 99.9 cm³/mol. The van der Waals surface area contributed by atoms with Crippen molar-refractivity contribution >= 4 is 35.1 Å². The average molecular weight is 396 g/mol. The Kier molecular flexibility index (Phi) is 6.52. The van der Waals surface area contributed by atoms with Crippen LogP contribution in [0.4, 0.5) is 5.95 Å². The van der Waals surface area contributed by atoms with Crippen LogP contribution in [0, 0.1) is 0 Å². The lowest BCUT2D eigenvalue weighted by molar-refractivity contribution is -0.146. The molecule has 1 fully saturated rings. The minimum atomic E-state index is -0.380. The molecule has 1 unspecified atom stereocenters. The normalized spacial score (nSPS) is 17.0. The van der Waals surface area contributed by atoms with E-state index in [4.69, 9.17) is 32.7 Å². The van der Waals surface area contributed by atoms with Gasteiger partial charge < -0.3 is 14.4 Å². The third-order valence-corrected chi connectivity index (χ3v) is 4.67. The molecule has 138 valence electrons. The summed E-state index contributed by atoms with van der Waals surface area (Å²) in [7, 11) is 0. The molecule has 26 heavy (non-hydrogen) atoms. The van der Waals surface area contributed by atoms with Gasteiger partial charge in [-0.1, -0.05) is 29.3 Å². The Morgan fingerprint density at radius 3 is 2.58 bits per heavy atom. The van der Waals surface area contributed by atoms with Gasteiger partial charge in [-0.05, 0) is 37.5 Å². The molecule has 1 aliphatic rings. The van der Waals surface area contributed by atoms with E-state index in [1.54, 1.807) is 36.7 Å². The lowest BCUT2D eigenvalue weighted by Crippen LogP contribution is -2.46. The van der Waals surface area contributed by atoms with Crippen molar-refractivity contribution in [2.75, 3.05) is 24.7 Å². The number of ether oxygens (including phenoxy) is 2. The summed E-state index contributed by atoms with van der Waals surface area (Å²) >= 11 is 12.1. The number of para-hydroxylation sites is 1. The molecule has 6 nitrogen and oxygen atoms in total. The molecule has 0 radical (unpaired) electrons. The third-order valence-electron chi connectivity index (χ3n) is 4.08. The van der Waals surface area contributed by atoms with Crippen LogP contribution in [-0.4, -0.2) is 41.7 Å². The lowest BCUT2D eigenvalue weighted by Gasteiger charge is -2.33. The van der Waals surface area contributed by atoms with Crippen molar-refractivity contribution in [3.05, 3.63) is 46.7 Å². The Hall–Kier alpha value is -2.05. The predicted octanol–water partition coefficient (Wildman–Crippen LogP) is 3.76. The fraction of sp³-hybridized carbons (Fsp3) is 0.389. The molecular weight excluding hydrogens is 377 g/mol. The van der Waals surface area contributed by atoms with E-state index in [2.05, 4.69) is 9.97 Å². The molecule has 0 N–H and O–H groups in total. The van der Waals surface area contributed by atoms with Gasteiger partial charge in [0.25, 0.3) is 0 Å². The van der Waals surface area contributed by atoms with Crippen molar-refractivity contribution in [3.63, 3.8) is 0 Å². The van der Waals surface area contributed by atoms with E-state index in [-0.39, 0.29) is 25.2 Å². The first kappa shape index (κ1) is 18.7. The zero-order valence-corrected chi connectivity index (χ0v) is 15.6. The maximum absolute atomic E-state index is 12.5. The van der Waals surface area contributed by atoms with Crippen LogP contribution in [0.1, 0.15) is 19.3 Å². The summed E-state index contributed by atoms with van der Waals surface area (Å²) in [6.45, 7) is 1.01. The number of halogens is 2. The number of hydrogen-bond acceptors (Lipinski definition) is 6. The van der Waals surface area contributed by atoms with Crippen molar-refractivity contribution < 1.29 is 14.3 Å². The minimum absolute atomic E-state index is 0.111. The third kappa shape index (κ3) is 4.56. The van der Waals surface area contributed by atoms with Crippen LogP contribution in [0.25, 0.3) is 0 Å². The second-order valence-electron chi connectivity index (χ2n) is 5.82. The van der Waals surface area contributed by atoms with Crippen molar-refractivity contribution in [1.29, 1.82) is 0 Å². The SMILES string of the molecule is O=C(OCCOc1c(Cl)cccc1Cl)C1CCCCN1c1ncccn1. The van der Waals surface area contributed by atoms with Gasteiger partial charge in [0.1, 0.15) is 19.3 Å². The van der Waals surface area contributed by atoms with Gasteiger partial charge in [0, 0.05) is 18.9 Å². The molecular formula is C18H19Cl2N3O3. The number of esters is 1. The second-order valence-corrected chi connectivity index (χ2v) is 6.63. The van der Waals surface area contributed by atoms with Crippen molar-refractivity contribution in [1.82, 2.24) is 9.97 Å². The monoisotopic (exact) mass is 395 g/mol. The van der Waals surface area contributed by atoms with E-state index in [1.165, 1.54) is 0 Å². The van der Waals surface area contributed by atoms with Crippen molar-refractivity contribution in [2.45, 2.75) is 25.3 Å². The van der Waals surface area contributed by atoms with E-state index >= 15 is 0 Å². The molecule has 2 heterocycles. The zero-order valence-electron chi connectivity index (χ0n) is 14.1. The molecule has 2 aromatic rings. The van der Waals surface area contributed by atoms with Crippen LogP contribution in [0.15, 0.2) is 36.7 Å². The summed E-state index contributed by atoms with van der Waals surface area (Å²) in [6.07, 6.45) is 6.01. The van der Waals surface area contributed by atoms with Crippen molar-refractivity contribution in [3.8, 4) is 5.75 Å². The largest absolute Gasteiger partial charge is 0.487 e. The minimum Gasteiger partial charge on any atom is -0.487 e.